The van der Waals surface area contributed by atoms with Crippen LogP contribution in [-0.4, -0.2) is 75.7 Å². The van der Waals surface area contributed by atoms with Gasteiger partial charge in [-0.15, -0.1) is 0 Å². The molecule has 248 valence electrons. The van der Waals surface area contributed by atoms with Crippen LogP contribution in [0.2, 0.25) is 0 Å². The number of benzene rings is 1. The molecule has 6 heterocycles. The fraction of sp³-hybridized carbons (Fsp3) is 0.314. The van der Waals surface area contributed by atoms with Gasteiger partial charge in [0.05, 0.1) is 24.4 Å². The Balaban J connectivity index is 1.13. The molecule has 0 unspecified atom stereocenters. The summed E-state index contributed by atoms with van der Waals surface area (Å²) in [7, 11) is 0. The van der Waals surface area contributed by atoms with E-state index in [4.69, 9.17) is 9.84 Å². The molecule has 1 saturated carbocycles. The normalized spacial score (nSPS) is 22.3. The van der Waals surface area contributed by atoms with Gasteiger partial charge in [-0.25, -0.2) is 15.0 Å². The van der Waals surface area contributed by atoms with Crippen LogP contribution in [0.4, 0.5) is 5.82 Å². The first kappa shape index (κ1) is 31.2. The molecule has 1 aromatic carbocycles. The van der Waals surface area contributed by atoms with Crippen LogP contribution < -0.4 is 5.32 Å². The van der Waals surface area contributed by atoms with E-state index in [0.29, 0.717) is 52.3 Å². The van der Waals surface area contributed by atoms with Crippen molar-refractivity contribution in [1.82, 2.24) is 39.4 Å². The lowest BCUT2D eigenvalue weighted by molar-refractivity contribution is -0.138. The van der Waals surface area contributed by atoms with E-state index >= 15 is 0 Å². The number of Topliss-reactive ketones (excluding diaryl/α,β-unsaturated/α-hetero) is 1. The number of likely N-dealkylation sites (tertiary alicyclic amines) is 1. The van der Waals surface area contributed by atoms with Crippen LogP contribution in [0.15, 0.2) is 65.7 Å². The Bertz CT molecular complexity index is 2180. The zero-order valence-electron chi connectivity index (χ0n) is 26.8. The maximum atomic E-state index is 14.3. The molecule has 0 radical (unpaired) electrons. The summed E-state index contributed by atoms with van der Waals surface area (Å²) in [4.78, 5) is 56.0. The van der Waals surface area contributed by atoms with Crippen LogP contribution in [0.25, 0.3) is 28.1 Å². The summed E-state index contributed by atoms with van der Waals surface area (Å²) in [5.74, 6) is 0.248. The number of hydrogen-bond acceptors (Lipinski definition) is 9. The Hall–Kier alpha value is -5.08. The number of nitrogens with one attached hydrogen (secondary N) is 1. The molecule has 1 aliphatic carbocycles. The smallest absolute Gasteiger partial charge is 0.248 e. The van der Waals surface area contributed by atoms with E-state index in [9.17, 15) is 14.4 Å². The summed E-state index contributed by atoms with van der Waals surface area (Å²) in [6.07, 6.45) is 10.4. The fourth-order valence-electron chi connectivity index (χ4n) is 7.10. The van der Waals surface area contributed by atoms with E-state index in [-0.39, 0.29) is 47.9 Å². The third-order valence-corrected chi connectivity index (χ3v) is 10.0. The van der Waals surface area contributed by atoms with Gasteiger partial charge in [-0.2, -0.15) is 10.2 Å². The van der Waals surface area contributed by atoms with Crippen molar-refractivity contribution in [2.24, 2.45) is 5.41 Å². The molecule has 8 rings (SSSR count). The molecule has 2 amide bonds. The molecular weight excluding hydrogens is 690 g/mol. The van der Waals surface area contributed by atoms with E-state index < -0.39 is 6.04 Å². The molecule has 13 nitrogen and oxygen atoms in total. The van der Waals surface area contributed by atoms with Crippen LogP contribution in [0.5, 0.6) is 0 Å². The van der Waals surface area contributed by atoms with Crippen molar-refractivity contribution in [2.45, 2.75) is 58.5 Å². The summed E-state index contributed by atoms with van der Waals surface area (Å²) in [5.41, 5.74) is 3.76. The first-order valence-corrected chi connectivity index (χ1v) is 16.8. The van der Waals surface area contributed by atoms with Crippen molar-refractivity contribution >= 4 is 56.3 Å². The van der Waals surface area contributed by atoms with Gasteiger partial charge in [0.15, 0.2) is 5.78 Å². The van der Waals surface area contributed by atoms with E-state index in [1.54, 1.807) is 28.0 Å². The number of rotatable bonds is 4. The molecule has 49 heavy (non-hydrogen) atoms. The number of piperidine rings is 1. The average molecular weight is 723 g/mol. The van der Waals surface area contributed by atoms with Crippen molar-refractivity contribution < 1.29 is 19.1 Å². The zero-order chi connectivity index (χ0) is 33.9. The molecule has 3 atom stereocenters. The Morgan fingerprint density at radius 3 is 2.73 bits per heavy atom. The SMILES string of the molecule is CC(=O)c1nn(CC(=O)N2[C@H]3C[C@]4(C[C@@H]24)Cn2ccc(n2)/C=C\COCc2ccc(Br)nc2NC3=O)c2ccc(-c3cnc(C)nc3)cc12. The van der Waals surface area contributed by atoms with Gasteiger partial charge in [-0.3, -0.25) is 23.7 Å². The molecule has 1 spiro atoms. The van der Waals surface area contributed by atoms with Gasteiger partial charge in [-0.05, 0) is 71.6 Å². The third kappa shape index (κ3) is 5.84. The van der Waals surface area contributed by atoms with Gasteiger partial charge in [0, 0.05) is 60.0 Å². The van der Waals surface area contributed by atoms with Crippen LogP contribution in [0.1, 0.15) is 47.3 Å². The molecule has 14 heteroatoms. The lowest BCUT2D eigenvalue weighted by Crippen LogP contribution is -2.47. The molecule has 4 aromatic heterocycles. The molecule has 5 aromatic rings. The highest BCUT2D eigenvalue weighted by Gasteiger charge is 2.67. The van der Waals surface area contributed by atoms with Gasteiger partial charge in [0.2, 0.25) is 11.8 Å². The van der Waals surface area contributed by atoms with Crippen molar-refractivity contribution in [3.05, 3.63) is 88.4 Å². The number of nitrogens with zero attached hydrogens (tertiary/aromatic N) is 8. The lowest BCUT2D eigenvalue weighted by Gasteiger charge is -2.27. The summed E-state index contributed by atoms with van der Waals surface area (Å²) in [6.45, 7) is 4.30. The van der Waals surface area contributed by atoms with Crippen molar-refractivity contribution in [2.75, 3.05) is 11.9 Å². The van der Waals surface area contributed by atoms with Crippen LogP contribution in [-0.2, 0) is 34.0 Å². The number of aryl methyl sites for hydroxylation is 1. The Kier molecular flexibility index (Phi) is 7.71. The van der Waals surface area contributed by atoms with Crippen LogP contribution in [0.3, 0.4) is 0 Å². The number of hydrogen-bond donors (Lipinski definition) is 1. The minimum Gasteiger partial charge on any atom is -0.373 e. The van der Waals surface area contributed by atoms with Crippen molar-refractivity contribution in [1.29, 1.82) is 0 Å². The number of halogens is 1. The second-order valence-electron chi connectivity index (χ2n) is 12.9. The summed E-state index contributed by atoms with van der Waals surface area (Å²) < 4.78 is 9.87. The van der Waals surface area contributed by atoms with E-state index in [1.165, 1.54) is 6.92 Å². The molecule has 4 bridgehead atoms. The highest BCUT2D eigenvalue weighted by atomic mass is 79.9. The Labute approximate surface area is 289 Å². The summed E-state index contributed by atoms with van der Waals surface area (Å²) in [5, 5.41) is 13.0. The number of aromatic nitrogens is 7. The number of carbonyl (C=O) groups excluding carboxylic acids is 3. The first-order valence-electron chi connectivity index (χ1n) is 16.0. The van der Waals surface area contributed by atoms with Gasteiger partial charge >= 0.3 is 0 Å². The Morgan fingerprint density at radius 1 is 1.08 bits per heavy atom. The van der Waals surface area contributed by atoms with Gasteiger partial charge in [0.1, 0.15) is 34.5 Å². The minimum atomic E-state index is -0.745. The molecule has 2 fully saturated rings. The molecule has 3 aliphatic rings. The first-order chi connectivity index (χ1) is 23.7. The van der Waals surface area contributed by atoms with Gasteiger partial charge in [-0.1, -0.05) is 18.2 Å². The van der Waals surface area contributed by atoms with E-state index in [1.807, 2.05) is 60.3 Å². The van der Waals surface area contributed by atoms with Gasteiger partial charge in [0.25, 0.3) is 0 Å². The quantitative estimate of drug-likeness (QED) is 0.208. The molecular formula is C35H32BrN9O4. The van der Waals surface area contributed by atoms with Crippen molar-refractivity contribution in [3.63, 3.8) is 0 Å². The number of amides is 2. The number of pyridine rings is 1. The van der Waals surface area contributed by atoms with Gasteiger partial charge < -0.3 is 15.0 Å². The van der Waals surface area contributed by atoms with E-state index in [2.05, 4.69) is 41.3 Å². The predicted octanol–water partition coefficient (Wildman–Crippen LogP) is 4.60. The highest BCUT2D eigenvalue weighted by Crippen LogP contribution is 2.60. The maximum absolute atomic E-state index is 14.3. The minimum absolute atomic E-state index is 0.141. The number of fused-ring (bicyclic) bond motifs is 5. The second kappa shape index (κ2) is 12.1. The maximum Gasteiger partial charge on any atom is 0.248 e. The van der Waals surface area contributed by atoms with Crippen LogP contribution >= 0.6 is 15.9 Å². The highest BCUT2D eigenvalue weighted by molar-refractivity contribution is 9.10. The van der Waals surface area contributed by atoms with Crippen molar-refractivity contribution in [3.8, 4) is 11.1 Å². The predicted molar refractivity (Wildman–Crippen MR) is 183 cm³/mol. The largest absolute Gasteiger partial charge is 0.373 e. The topological polar surface area (TPSA) is 150 Å². The fourth-order valence-corrected chi connectivity index (χ4v) is 7.41. The summed E-state index contributed by atoms with van der Waals surface area (Å²) >= 11 is 3.42. The number of anilines is 1. The lowest BCUT2D eigenvalue weighted by atomic mass is 9.99. The zero-order valence-corrected chi connectivity index (χ0v) is 28.4. The summed E-state index contributed by atoms with van der Waals surface area (Å²) in [6, 6.07) is 10.3. The standard InChI is InChI=1S/C35H32BrN9O4/c1-20(46)32-26-12-22(24-15-37-21(2)38-16-24)5-7-27(26)44(42-32)17-31(47)45-28-13-35(14-29(35)45)19-43-10-9-25(41-43)4-3-11-49-18-23-6-8-30(36)39-33(23)40-34(28)48/h3-10,12,15-16,28-29H,11,13-14,17-19H2,1-2H3,(H,39,40,48)/b4-3-/t28-,29+,35-/m0/s1. The molecule has 2 aliphatic heterocycles. The number of carbonyl (C=O) groups is 3. The number of ether oxygens (including phenoxy) is 1. The van der Waals surface area contributed by atoms with Crippen LogP contribution in [0, 0.1) is 12.3 Å². The average Bonchev–Trinajstić information content (AvgIpc) is 3.34. The van der Waals surface area contributed by atoms with E-state index in [0.717, 1.165) is 23.2 Å². The third-order valence-electron chi connectivity index (χ3n) is 9.58. The Morgan fingerprint density at radius 2 is 1.92 bits per heavy atom. The molecule has 1 saturated heterocycles. The number of ketones is 1. The molecule has 1 N–H and O–H groups in total. The second-order valence-corrected chi connectivity index (χ2v) is 13.7. The monoisotopic (exact) mass is 721 g/mol.